The molecule has 0 saturated carbocycles. The molecule has 0 aliphatic carbocycles. The van der Waals surface area contributed by atoms with Crippen LogP contribution in [0, 0.1) is 4.77 Å². The molecule has 26 heavy (non-hydrogen) atoms. The minimum Gasteiger partial charge on any atom is -0.383 e. The summed E-state index contributed by atoms with van der Waals surface area (Å²) in [6.07, 6.45) is 3.54. The fraction of sp³-hybridized carbons (Fsp3) is 0.316. The lowest BCUT2D eigenvalue weighted by Crippen LogP contribution is -3.07. The molecule has 7 heteroatoms. The number of nitrogens with one attached hydrogen (secondary N) is 1. The molecule has 1 unspecified atom stereocenters. The van der Waals surface area contributed by atoms with Crippen molar-refractivity contribution in [2.75, 3.05) is 20.8 Å². The van der Waals surface area contributed by atoms with Crippen LogP contribution in [0.3, 0.4) is 0 Å². The van der Waals surface area contributed by atoms with Gasteiger partial charge in [0, 0.05) is 30.6 Å². The smallest absolute Gasteiger partial charge is 0.203 e. The highest BCUT2D eigenvalue weighted by molar-refractivity contribution is 7.71. The molecule has 0 bridgehead atoms. The summed E-state index contributed by atoms with van der Waals surface area (Å²) in [5, 5.41) is 4.79. The zero-order valence-electron chi connectivity index (χ0n) is 15.1. The highest BCUT2D eigenvalue weighted by Crippen LogP contribution is 2.17. The highest BCUT2D eigenvalue weighted by Gasteiger charge is 2.15. The molecular weight excluding hydrogens is 346 g/mol. The molecule has 1 N–H and O–H groups in total. The third-order valence-electron chi connectivity index (χ3n) is 4.15. The second kappa shape index (κ2) is 8.84. The van der Waals surface area contributed by atoms with Crippen molar-refractivity contribution in [2.45, 2.75) is 19.8 Å². The zero-order valence-corrected chi connectivity index (χ0v) is 15.9. The fourth-order valence-corrected chi connectivity index (χ4v) is 3.18. The molecule has 0 spiro atoms. The third-order valence-corrected chi connectivity index (χ3v) is 4.58. The topological polar surface area (TPSA) is 49.3 Å². The number of benzene rings is 1. The van der Waals surface area contributed by atoms with Crippen LogP contribution in [0.1, 0.15) is 5.56 Å². The van der Waals surface area contributed by atoms with Gasteiger partial charge in [-0.25, -0.2) is 0 Å². The van der Waals surface area contributed by atoms with Gasteiger partial charge in [-0.15, -0.1) is 5.10 Å². The lowest BCUT2D eigenvalue weighted by atomic mass is 10.2. The van der Waals surface area contributed by atoms with Gasteiger partial charge in [-0.2, -0.15) is 4.68 Å². The first-order chi connectivity index (χ1) is 12.7. The zero-order chi connectivity index (χ0) is 18.4. The summed E-state index contributed by atoms with van der Waals surface area (Å²) < 4.78 is 9.88. The maximum atomic E-state index is 5.69. The summed E-state index contributed by atoms with van der Waals surface area (Å²) in [6, 6.07) is 14.3. The van der Waals surface area contributed by atoms with Gasteiger partial charge in [-0.1, -0.05) is 30.3 Å². The molecule has 0 radical (unpaired) electrons. The number of ether oxygens (including phenoxy) is 1. The van der Waals surface area contributed by atoms with Crippen molar-refractivity contribution in [1.29, 1.82) is 0 Å². The van der Waals surface area contributed by atoms with Crippen LogP contribution in [-0.2, 0) is 24.5 Å². The van der Waals surface area contributed by atoms with Crippen molar-refractivity contribution < 1.29 is 9.64 Å². The average Bonchev–Trinajstić information content (AvgIpc) is 2.97. The van der Waals surface area contributed by atoms with Gasteiger partial charge in [0.05, 0.1) is 20.2 Å². The van der Waals surface area contributed by atoms with Gasteiger partial charge in [0.2, 0.25) is 4.77 Å². The van der Waals surface area contributed by atoms with E-state index in [0.717, 1.165) is 17.9 Å². The molecule has 2 aromatic heterocycles. The minimum atomic E-state index is 0.588. The van der Waals surface area contributed by atoms with E-state index in [1.807, 2.05) is 27.4 Å². The van der Waals surface area contributed by atoms with E-state index in [4.69, 9.17) is 22.1 Å². The first-order valence-corrected chi connectivity index (χ1v) is 9.02. The molecule has 1 atom stereocenters. The van der Waals surface area contributed by atoms with E-state index in [1.54, 1.807) is 19.5 Å². The maximum absolute atomic E-state index is 5.69. The van der Waals surface area contributed by atoms with Crippen LogP contribution in [-0.4, -0.2) is 40.1 Å². The summed E-state index contributed by atoms with van der Waals surface area (Å²) in [7, 11) is 3.84. The molecule has 0 fully saturated rings. The second-order valence-electron chi connectivity index (χ2n) is 6.26. The lowest BCUT2D eigenvalue weighted by molar-refractivity contribution is -0.917. The molecule has 0 aliphatic rings. The first-order valence-electron chi connectivity index (χ1n) is 8.61. The van der Waals surface area contributed by atoms with Gasteiger partial charge in [0.1, 0.15) is 6.54 Å². The van der Waals surface area contributed by atoms with Crippen LogP contribution in [0.15, 0.2) is 54.9 Å². The SMILES string of the molecule is COCCn1c(-c2ccncc2)nn(C[NH+](C)Cc2ccccc2)c1=S. The Balaban J connectivity index is 1.85. The van der Waals surface area contributed by atoms with E-state index in [9.17, 15) is 0 Å². The Morgan fingerprint density at radius 1 is 1.12 bits per heavy atom. The maximum Gasteiger partial charge on any atom is 0.203 e. The molecular formula is C19H24N5OS+. The number of aromatic nitrogens is 4. The van der Waals surface area contributed by atoms with Crippen LogP contribution in [0.25, 0.3) is 11.4 Å². The summed E-state index contributed by atoms with van der Waals surface area (Å²) in [5.74, 6) is 0.849. The Bertz CT molecular complexity index is 876. The van der Waals surface area contributed by atoms with E-state index < -0.39 is 0 Å². The van der Waals surface area contributed by atoms with Gasteiger partial charge in [-0.3, -0.25) is 9.55 Å². The van der Waals surface area contributed by atoms with Crippen LogP contribution in [0.5, 0.6) is 0 Å². The largest absolute Gasteiger partial charge is 0.383 e. The predicted octanol–water partition coefficient (Wildman–Crippen LogP) is 1.79. The van der Waals surface area contributed by atoms with Crippen molar-refractivity contribution in [2.24, 2.45) is 0 Å². The molecule has 2 heterocycles. The first kappa shape index (κ1) is 18.4. The number of quaternary nitrogens is 1. The number of hydrogen-bond acceptors (Lipinski definition) is 4. The van der Waals surface area contributed by atoms with Gasteiger partial charge in [-0.05, 0) is 24.4 Å². The van der Waals surface area contributed by atoms with E-state index in [0.29, 0.717) is 24.6 Å². The van der Waals surface area contributed by atoms with Gasteiger partial charge >= 0.3 is 0 Å². The quantitative estimate of drug-likeness (QED) is 0.614. The van der Waals surface area contributed by atoms with E-state index in [-0.39, 0.29) is 0 Å². The Morgan fingerprint density at radius 2 is 1.85 bits per heavy atom. The third kappa shape index (κ3) is 4.43. The van der Waals surface area contributed by atoms with E-state index in [1.165, 1.54) is 10.5 Å². The number of rotatable bonds is 8. The molecule has 1 aromatic carbocycles. The van der Waals surface area contributed by atoms with E-state index in [2.05, 4.69) is 36.3 Å². The molecule has 136 valence electrons. The van der Waals surface area contributed by atoms with Crippen molar-refractivity contribution in [3.05, 3.63) is 65.2 Å². The monoisotopic (exact) mass is 370 g/mol. The number of hydrogen-bond donors (Lipinski definition) is 1. The Morgan fingerprint density at radius 3 is 2.54 bits per heavy atom. The summed E-state index contributed by atoms with van der Waals surface area (Å²) >= 11 is 5.69. The van der Waals surface area contributed by atoms with E-state index >= 15 is 0 Å². The molecule has 3 rings (SSSR count). The highest BCUT2D eigenvalue weighted by atomic mass is 32.1. The second-order valence-corrected chi connectivity index (χ2v) is 6.63. The normalized spacial score (nSPS) is 12.2. The lowest BCUT2D eigenvalue weighted by Gasteiger charge is -2.13. The molecule has 0 aliphatic heterocycles. The van der Waals surface area contributed by atoms with Crippen molar-refractivity contribution in [3.8, 4) is 11.4 Å². The Kier molecular flexibility index (Phi) is 6.27. The van der Waals surface area contributed by atoms with Crippen molar-refractivity contribution >= 4 is 12.2 Å². The van der Waals surface area contributed by atoms with Crippen LogP contribution < -0.4 is 4.90 Å². The van der Waals surface area contributed by atoms with Crippen molar-refractivity contribution in [3.63, 3.8) is 0 Å². The fourth-order valence-electron chi connectivity index (χ4n) is 2.90. The molecule has 0 amide bonds. The van der Waals surface area contributed by atoms with Crippen LogP contribution >= 0.6 is 12.2 Å². The molecule has 3 aromatic rings. The number of nitrogens with zero attached hydrogens (tertiary/aromatic N) is 4. The standard InChI is InChI=1S/C19H23N5OS/c1-22(14-16-6-4-3-5-7-16)15-24-19(26)23(12-13-25-2)18(21-24)17-8-10-20-11-9-17/h3-11H,12-15H2,1-2H3/p+1. The Hall–Kier alpha value is -2.35. The molecule has 0 saturated heterocycles. The van der Waals surface area contributed by atoms with Gasteiger partial charge in [0.15, 0.2) is 12.5 Å². The summed E-state index contributed by atoms with van der Waals surface area (Å²) in [6.45, 7) is 2.87. The summed E-state index contributed by atoms with van der Waals surface area (Å²) in [4.78, 5) is 5.40. The number of methoxy groups -OCH3 is 1. The predicted molar refractivity (Wildman–Crippen MR) is 103 cm³/mol. The van der Waals surface area contributed by atoms with Crippen LogP contribution in [0.4, 0.5) is 0 Å². The molecule has 6 nitrogen and oxygen atoms in total. The number of pyridine rings is 1. The average molecular weight is 371 g/mol. The summed E-state index contributed by atoms with van der Waals surface area (Å²) in [5.41, 5.74) is 2.30. The van der Waals surface area contributed by atoms with Gasteiger partial charge in [0.25, 0.3) is 0 Å². The Labute approximate surface area is 158 Å². The minimum absolute atomic E-state index is 0.588. The van der Waals surface area contributed by atoms with Gasteiger partial charge < -0.3 is 9.64 Å². The van der Waals surface area contributed by atoms with Crippen LogP contribution in [0.2, 0.25) is 0 Å². The van der Waals surface area contributed by atoms with Crippen molar-refractivity contribution in [1.82, 2.24) is 19.3 Å².